The van der Waals surface area contributed by atoms with E-state index >= 15 is 0 Å². The normalized spacial score (nSPS) is 19.4. The zero-order valence-electron chi connectivity index (χ0n) is 17.9. The topological polar surface area (TPSA) is 77.4 Å². The van der Waals surface area contributed by atoms with Crippen molar-refractivity contribution in [1.82, 2.24) is 5.32 Å². The van der Waals surface area contributed by atoms with Gasteiger partial charge in [0.25, 0.3) is 0 Å². The van der Waals surface area contributed by atoms with Gasteiger partial charge in [-0.25, -0.2) is 4.79 Å². The number of fused-ring (bicyclic) bond motifs is 1. The molecule has 1 aliphatic heterocycles. The molecule has 2 aromatic carbocycles. The molecule has 4 rings (SSSR count). The van der Waals surface area contributed by atoms with E-state index in [9.17, 15) is 18.8 Å². The predicted octanol–water partition coefficient (Wildman–Crippen LogP) is 5.40. The van der Waals surface area contributed by atoms with E-state index in [1.165, 1.54) is 6.07 Å². The molecule has 8 heteroatoms. The minimum absolute atomic E-state index is 0.0922. The number of carbonyl (C=O) groups excluding carboxylic acids is 1. The molecule has 1 fully saturated rings. The molecule has 2 unspecified atom stereocenters. The summed E-state index contributed by atoms with van der Waals surface area (Å²) in [5.41, 5.74) is 3.19. The van der Waals surface area contributed by atoms with Crippen molar-refractivity contribution in [2.75, 3.05) is 23.3 Å². The molecule has 1 saturated carbocycles. The minimum atomic E-state index is -2.90. The highest BCUT2D eigenvalue weighted by Gasteiger charge is 2.42. The Kier molecular flexibility index (Phi) is 6.45. The highest BCUT2D eigenvalue weighted by molar-refractivity contribution is 5.89. The van der Waals surface area contributed by atoms with Crippen molar-refractivity contribution in [2.24, 2.45) is 5.92 Å². The summed E-state index contributed by atoms with van der Waals surface area (Å²) >= 11 is 0. The number of urea groups is 1. The fraction of sp³-hybridized carbons (Fsp3) is 0.417. The smallest absolute Gasteiger partial charge is 0.387 e. The number of ether oxygens (including phenoxy) is 1. The van der Waals surface area contributed by atoms with E-state index in [4.69, 9.17) is 0 Å². The lowest BCUT2D eigenvalue weighted by atomic mass is 9.91. The van der Waals surface area contributed by atoms with E-state index in [1.54, 1.807) is 12.1 Å². The van der Waals surface area contributed by atoms with Crippen LogP contribution in [0.2, 0.25) is 0 Å². The second kappa shape index (κ2) is 9.43. The van der Waals surface area contributed by atoms with Gasteiger partial charge >= 0.3 is 12.6 Å². The van der Waals surface area contributed by atoms with Gasteiger partial charge in [-0.1, -0.05) is 25.1 Å². The molecular weight excluding hydrogens is 414 g/mol. The van der Waals surface area contributed by atoms with Crippen molar-refractivity contribution in [3.8, 4) is 11.8 Å². The molecule has 168 valence electrons. The maximum absolute atomic E-state index is 12.7. The fourth-order valence-electron chi connectivity index (χ4n) is 4.19. The zero-order chi connectivity index (χ0) is 22.7. The van der Waals surface area contributed by atoms with Crippen LogP contribution in [0.15, 0.2) is 42.5 Å². The number of nitrogens with zero attached hydrogens (tertiary/aromatic N) is 2. The van der Waals surface area contributed by atoms with Crippen LogP contribution in [0.4, 0.5) is 25.0 Å². The van der Waals surface area contributed by atoms with Crippen molar-refractivity contribution in [2.45, 2.75) is 44.8 Å². The summed E-state index contributed by atoms with van der Waals surface area (Å²) in [6.45, 7) is 0.439. The first-order valence-corrected chi connectivity index (χ1v) is 10.9. The number of alkyl halides is 2. The van der Waals surface area contributed by atoms with Crippen molar-refractivity contribution >= 4 is 17.4 Å². The largest absolute Gasteiger partial charge is 0.435 e. The number of hydrogen-bond donors (Lipinski definition) is 2. The first-order chi connectivity index (χ1) is 15.5. The molecule has 2 aliphatic rings. The highest BCUT2D eigenvalue weighted by atomic mass is 19.3. The molecule has 0 aromatic heterocycles. The van der Waals surface area contributed by atoms with E-state index in [2.05, 4.69) is 26.3 Å². The molecule has 2 amide bonds. The van der Waals surface area contributed by atoms with Crippen LogP contribution in [0.1, 0.15) is 49.3 Å². The van der Waals surface area contributed by atoms with Crippen LogP contribution < -0.4 is 20.3 Å². The standard InChI is InChI=1S/C24H26F2N4O2/c1-2-11-28-24(31)29-17-7-5-16(6-8-17)22-20(13-27)19-10-9-18(32-23(25)26)12-21(19)30(22)14-15-3-4-15/h5-10,12,15,20,22-23H,2-4,11,14H2,1H3,(H2,28,29,31). The van der Waals surface area contributed by atoms with Crippen LogP contribution in [0.5, 0.6) is 5.75 Å². The van der Waals surface area contributed by atoms with Gasteiger partial charge in [0.1, 0.15) is 5.75 Å². The number of carbonyl (C=O) groups is 1. The molecule has 1 aliphatic carbocycles. The average molecular weight is 440 g/mol. The predicted molar refractivity (Wildman–Crippen MR) is 118 cm³/mol. The summed E-state index contributed by atoms with van der Waals surface area (Å²) < 4.78 is 30.1. The Balaban J connectivity index is 1.61. The molecule has 0 radical (unpaired) electrons. The number of rotatable bonds is 8. The van der Waals surface area contributed by atoms with Crippen LogP contribution >= 0.6 is 0 Å². The molecular formula is C24H26F2N4O2. The third kappa shape index (κ3) is 4.77. The summed E-state index contributed by atoms with van der Waals surface area (Å²) in [5, 5.41) is 15.6. The van der Waals surface area contributed by atoms with Crippen LogP contribution in [0, 0.1) is 17.2 Å². The van der Waals surface area contributed by atoms with Crippen LogP contribution in [0.3, 0.4) is 0 Å². The first kappa shape index (κ1) is 21.9. The minimum Gasteiger partial charge on any atom is -0.435 e. The second-order valence-electron chi connectivity index (χ2n) is 8.25. The Morgan fingerprint density at radius 1 is 1.25 bits per heavy atom. The Morgan fingerprint density at radius 3 is 2.62 bits per heavy atom. The van der Waals surface area contributed by atoms with E-state index in [1.807, 2.05) is 31.2 Å². The fourth-order valence-corrected chi connectivity index (χ4v) is 4.19. The number of amides is 2. The van der Waals surface area contributed by atoms with Gasteiger partial charge in [-0.3, -0.25) is 0 Å². The van der Waals surface area contributed by atoms with Crippen molar-refractivity contribution < 1.29 is 18.3 Å². The number of hydrogen-bond acceptors (Lipinski definition) is 4. The second-order valence-corrected chi connectivity index (χ2v) is 8.25. The Morgan fingerprint density at radius 2 is 2.00 bits per heavy atom. The summed E-state index contributed by atoms with van der Waals surface area (Å²) in [5.74, 6) is 0.191. The molecule has 0 spiro atoms. The maximum Gasteiger partial charge on any atom is 0.387 e. The lowest BCUT2D eigenvalue weighted by Crippen LogP contribution is -2.29. The molecule has 0 saturated heterocycles. The van der Waals surface area contributed by atoms with Gasteiger partial charge in [-0.15, -0.1) is 0 Å². The maximum atomic E-state index is 12.7. The van der Waals surface area contributed by atoms with E-state index in [0.29, 0.717) is 18.2 Å². The Bertz CT molecular complexity index is 1000. The average Bonchev–Trinajstić information content (AvgIpc) is 3.54. The Labute approximate surface area is 186 Å². The van der Waals surface area contributed by atoms with Gasteiger partial charge < -0.3 is 20.3 Å². The third-order valence-corrected chi connectivity index (χ3v) is 5.86. The van der Waals surface area contributed by atoms with Gasteiger partial charge in [-0.2, -0.15) is 14.0 Å². The molecule has 2 aromatic rings. The quantitative estimate of drug-likeness (QED) is 0.576. The van der Waals surface area contributed by atoms with Crippen LogP contribution in [-0.4, -0.2) is 25.7 Å². The van der Waals surface area contributed by atoms with Gasteiger partial charge in [-0.05, 0) is 54.5 Å². The van der Waals surface area contributed by atoms with Gasteiger partial charge in [0, 0.05) is 30.5 Å². The van der Waals surface area contributed by atoms with E-state index in [0.717, 1.165) is 42.6 Å². The van der Waals surface area contributed by atoms with Gasteiger partial charge in [0.05, 0.1) is 18.0 Å². The molecule has 2 N–H and O–H groups in total. The van der Waals surface area contributed by atoms with E-state index in [-0.39, 0.29) is 17.8 Å². The monoisotopic (exact) mass is 440 g/mol. The molecule has 1 heterocycles. The van der Waals surface area contributed by atoms with Crippen LogP contribution in [-0.2, 0) is 0 Å². The van der Waals surface area contributed by atoms with Crippen molar-refractivity contribution in [1.29, 1.82) is 5.26 Å². The molecule has 0 bridgehead atoms. The number of benzene rings is 2. The first-order valence-electron chi connectivity index (χ1n) is 10.9. The number of anilines is 2. The number of halogens is 2. The van der Waals surface area contributed by atoms with Gasteiger partial charge in [0.2, 0.25) is 0 Å². The molecule has 32 heavy (non-hydrogen) atoms. The molecule has 6 nitrogen and oxygen atoms in total. The number of nitriles is 1. The van der Waals surface area contributed by atoms with Gasteiger partial charge in [0.15, 0.2) is 0 Å². The third-order valence-electron chi connectivity index (χ3n) is 5.86. The van der Waals surface area contributed by atoms with Crippen LogP contribution in [0.25, 0.3) is 0 Å². The zero-order valence-corrected chi connectivity index (χ0v) is 17.9. The summed E-state index contributed by atoms with van der Waals surface area (Å²) in [7, 11) is 0. The summed E-state index contributed by atoms with van der Waals surface area (Å²) in [6, 6.07) is 14.2. The Hall–Kier alpha value is -3.34. The van der Waals surface area contributed by atoms with Crippen molar-refractivity contribution in [3.63, 3.8) is 0 Å². The lowest BCUT2D eigenvalue weighted by molar-refractivity contribution is -0.0498. The summed E-state index contributed by atoms with van der Waals surface area (Å²) in [4.78, 5) is 14.1. The van der Waals surface area contributed by atoms with E-state index < -0.39 is 12.5 Å². The molecule has 2 atom stereocenters. The number of nitrogens with one attached hydrogen (secondary N) is 2. The summed E-state index contributed by atoms with van der Waals surface area (Å²) in [6.07, 6.45) is 3.10. The lowest BCUT2D eigenvalue weighted by Gasteiger charge is -2.29. The SMILES string of the molecule is CCCNC(=O)Nc1ccc(C2C(C#N)c3ccc(OC(F)F)cc3N2CC2CC2)cc1. The van der Waals surface area contributed by atoms with Crippen molar-refractivity contribution in [3.05, 3.63) is 53.6 Å². The highest BCUT2D eigenvalue weighted by Crippen LogP contribution is 2.51.